The molecule has 3 fully saturated rings. The molecule has 5 nitrogen and oxygen atoms in total. The van der Waals surface area contributed by atoms with Gasteiger partial charge in [0, 0.05) is 42.8 Å². The van der Waals surface area contributed by atoms with Crippen LogP contribution in [0.3, 0.4) is 0 Å². The van der Waals surface area contributed by atoms with Gasteiger partial charge in [0.05, 0.1) is 5.75 Å². The van der Waals surface area contributed by atoms with Gasteiger partial charge >= 0.3 is 0 Å². The van der Waals surface area contributed by atoms with Gasteiger partial charge in [0.15, 0.2) is 0 Å². The third-order valence-corrected chi connectivity index (χ3v) is 10.5. The van der Waals surface area contributed by atoms with Gasteiger partial charge in [-0.3, -0.25) is 0 Å². The molecule has 0 radical (unpaired) electrons. The van der Waals surface area contributed by atoms with Gasteiger partial charge in [-0.05, 0) is 56.1 Å². The summed E-state index contributed by atoms with van der Waals surface area (Å²) in [6.07, 6.45) is 2.98. The molecule has 1 aromatic carbocycles. The second kappa shape index (κ2) is 6.44. The summed E-state index contributed by atoms with van der Waals surface area (Å²) in [5, 5.41) is 0. The molecule has 156 valence electrons. The molecule has 4 rings (SSSR count). The van der Waals surface area contributed by atoms with E-state index < -0.39 is 15.6 Å². The molecule has 2 bridgehead atoms. The highest BCUT2D eigenvalue weighted by molar-refractivity contribution is 7.89. The Balaban J connectivity index is 1.51. The fraction of sp³-hybridized carbons (Fsp3) is 0.727. The first-order valence-electron chi connectivity index (χ1n) is 10.6. The van der Waals surface area contributed by atoms with E-state index in [9.17, 15) is 8.42 Å². The van der Waals surface area contributed by atoms with Crippen molar-refractivity contribution < 1.29 is 8.42 Å². The van der Waals surface area contributed by atoms with Crippen LogP contribution in [0.2, 0.25) is 0 Å². The quantitative estimate of drug-likeness (QED) is 0.836. The number of nitrogens with two attached hydrogens (primary N) is 1. The predicted octanol–water partition coefficient (Wildman–Crippen LogP) is 2.99. The van der Waals surface area contributed by atoms with Crippen LogP contribution in [0.5, 0.6) is 0 Å². The number of rotatable bonds is 4. The van der Waals surface area contributed by atoms with Crippen molar-refractivity contribution in [3.63, 3.8) is 0 Å². The van der Waals surface area contributed by atoms with E-state index >= 15 is 0 Å². The first-order chi connectivity index (χ1) is 13.0. The minimum Gasteiger partial charge on any atom is -0.369 e. The normalized spacial score (nSPS) is 35.5. The van der Waals surface area contributed by atoms with E-state index in [2.05, 4.69) is 44.7 Å². The Hall–Kier alpha value is -1.11. The molecule has 2 N–H and O–H groups in total. The van der Waals surface area contributed by atoms with Crippen LogP contribution in [0.25, 0.3) is 0 Å². The topological polar surface area (TPSA) is 66.6 Å². The van der Waals surface area contributed by atoms with E-state index in [1.54, 1.807) is 4.31 Å². The van der Waals surface area contributed by atoms with Crippen LogP contribution in [0.1, 0.15) is 45.6 Å². The molecule has 1 saturated heterocycles. The number of fused-ring (bicyclic) bond motifs is 2. The maximum absolute atomic E-state index is 13.5. The molecular formula is C22H35N3O2S. The van der Waals surface area contributed by atoms with Crippen LogP contribution < -0.4 is 10.6 Å². The van der Waals surface area contributed by atoms with Gasteiger partial charge in [0.25, 0.3) is 0 Å². The van der Waals surface area contributed by atoms with Crippen LogP contribution in [0.4, 0.5) is 5.69 Å². The summed E-state index contributed by atoms with van der Waals surface area (Å²) in [5.74, 6) is 0.733. The lowest BCUT2D eigenvalue weighted by atomic mass is 9.64. The van der Waals surface area contributed by atoms with Gasteiger partial charge in [-0.15, -0.1) is 0 Å². The summed E-state index contributed by atoms with van der Waals surface area (Å²) < 4.78 is 28.6. The minimum absolute atomic E-state index is 0.0213. The summed E-state index contributed by atoms with van der Waals surface area (Å²) >= 11 is 0. The van der Waals surface area contributed by atoms with Gasteiger partial charge in [0.1, 0.15) is 0 Å². The number of benzene rings is 1. The van der Waals surface area contributed by atoms with Crippen molar-refractivity contribution in [2.75, 3.05) is 36.8 Å². The molecule has 6 heteroatoms. The zero-order chi connectivity index (χ0) is 20.4. The van der Waals surface area contributed by atoms with E-state index in [0.29, 0.717) is 19.0 Å². The van der Waals surface area contributed by atoms with Crippen LogP contribution in [-0.2, 0) is 10.0 Å². The maximum Gasteiger partial charge on any atom is 0.214 e. The van der Waals surface area contributed by atoms with Crippen molar-refractivity contribution >= 4 is 15.7 Å². The molecular weight excluding hydrogens is 370 g/mol. The molecule has 3 aliphatic rings. The van der Waals surface area contributed by atoms with Crippen molar-refractivity contribution in [2.24, 2.45) is 22.5 Å². The molecule has 2 aliphatic carbocycles. The van der Waals surface area contributed by atoms with Crippen molar-refractivity contribution in [1.82, 2.24) is 4.31 Å². The van der Waals surface area contributed by atoms with Crippen molar-refractivity contribution in [3.8, 4) is 0 Å². The summed E-state index contributed by atoms with van der Waals surface area (Å²) in [5.41, 5.74) is 8.43. The van der Waals surface area contributed by atoms with E-state index in [0.717, 1.165) is 32.4 Å². The van der Waals surface area contributed by atoms with Crippen LogP contribution in [-0.4, -0.2) is 50.2 Å². The molecule has 0 amide bonds. The van der Waals surface area contributed by atoms with Crippen molar-refractivity contribution in [3.05, 3.63) is 29.8 Å². The third kappa shape index (κ3) is 2.83. The maximum atomic E-state index is 13.5. The van der Waals surface area contributed by atoms with Gasteiger partial charge in [-0.2, -0.15) is 4.31 Å². The lowest BCUT2D eigenvalue weighted by Gasteiger charge is -2.48. The van der Waals surface area contributed by atoms with E-state index in [1.807, 2.05) is 12.1 Å². The Morgan fingerprint density at radius 2 is 1.75 bits per heavy atom. The highest BCUT2D eigenvalue weighted by Crippen LogP contribution is 2.69. The van der Waals surface area contributed by atoms with Gasteiger partial charge in [-0.25, -0.2) is 8.42 Å². The zero-order valence-electron chi connectivity index (χ0n) is 17.7. The average Bonchev–Trinajstić information content (AvgIpc) is 2.94. The Kier molecular flexibility index (Phi) is 4.64. The summed E-state index contributed by atoms with van der Waals surface area (Å²) in [6.45, 7) is 11.3. The second-order valence-electron chi connectivity index (χ2n) is 10.1. The molecule has 1 aromatic rings. The molecule has 28 heavy (non-hydrogen) atoms. The SMILES string of the molecule is Cc1ccccc1N1CCN(S(=O)(=O)CC23CCC(CC2(C)N)C3(C)C)CC1. The van der Waals surface area contributed by atoms with Crippen LogP contribution in [0.15, 0.2) is 24.3 Å². The van der Waals surface area contributed by atoms with Crippen molar-refractivity contribution in [1.29, 1.82) is 0 Å². The average molecular weight is 406 g/mol. The highest BCUT2D eigenvalue weighted by atomic mass is 32.2. The van der Waals surface area contributed by atoms with Crippen LogP contribution in [0, 0.1) is 23.7 Å². The summed E-state index contributed by atoms with van der Waals surface area (Å²) in [4.78, 5) is 2.30. The molecule has 1 heterocycles. The predicted molar refractivity (Wildman–Crippen MR) is 115 cm³/mol. The van der Waals surface area contributed by atoms with Gasteiger partial charge < -0.3 is 10.6 Å². The van der Waals surface area contributed by atoms with E-state index in [4.69, 9.17) is 5.73 Å². The number of nitrogens with zero attached hydrogens (tertiary/aromatic N) is 2. The monoisotopic (exact) mass is 405 g/mol. The second-order valence-corrected chi connectivity index (χ2v) is 12.1. The Morgan fingerprint density at radius 1 is 1.11 bits per heavy atom. The minimum atomic E-state index is -3.34. The van der Waals surface area contributed by atoms with Gasteiger partial charge in [-0.1, -0.05) is 32.0 Å². The van der Waals surface area contributed by atoms with Gasteiger partial charge in [0.2, 0.25) is 10.0 Å². The summed E-state index contributed by atoms with van der Waals surface area (Å²) in [6, 6.07) is 8.32. The number of sulfonamides is 1. The largest absolute Gasteiger partial charge is 0.369 e. The number of para-hydroxylation sites is 1. The van der Waals surface area contributed by atoms with E-state index in [-0.39, 0.29) is 16.6 Å². The molecule has 1 aliphatic heterocycles. The zero-order valence-corrected chi connectivity index (χ0v) is 18.6. The number of hydrogen-bond acceptors (Lipinski definition) is 4. The number of hydrogen-bond donors (Lipinski definition) is 1. The Morgan fingerprint density at radius 3 is 2.29 bits per heavy atom. The van der Waals surface area contributed by atoms with E-state index in [1.165, 1.54) is 11.3 Å². The smallest absolute Gasteiger partial charge is 0.214 e. The number of aryl methyl sites for hydroxylation is 1. The molecule has 3 atom stereocenters. The van der Waals surface area contributed by atoms with Crippen molar-refractivity contribution in [2.45, 2.75) is 52.5 Å². The number of anilines is 1. The molecule has 0 aromatic heterocycles. The lowest BCUT2D eigenvalue weighted by molar-refractivity contribution is 0.0914. The fourth-order valence-corrected chi connectivity index (χ4v) is 8.90. The lowest BCUT2D eigenvalue weighted by Crippen LogP contribution is -2.59. The molecule has 3 unspecified atom stereocenters. The molecule has 0 spiro atoms. The first-order valence-corrected chi connectivity index (χ1v) is 12.2. The van der Waals surface area contributed by atoms with Crippen LogP contribution >= 0.6 is 0 Å². The first kappa shape index (κ1) is 20.2. The Bertz CT molecular complexity index is 856. The standard InChI is InChI=1S/C22H35N3O2S/c1-17-7-5-6-8-19(17)24-11-13-25(14-12-24)28(26,27)16-22-10-9-18(20(22,2)3)15-21(22,4)23/h5-8,18H,9-16,23H2,1-4H3. The summed E-state index contributed by atoms with van der Waals surface area (Å²) in [7, 11) is -3.34. The molecule has 2 saturated carbocycles. The Labute approximate surface area is 170 Å². The highest BCUT2D eigenvalue weighted by Gasteiger charge is 2.69. The number of piperazine rings is 1. The fourth-order valence-electron chi connectivity index (χ4n) is 6.53. The third-order valence-electron chi connectivity index (χ3n) is 8.45.